The molecule has 0 nitrogen and oxygen atoms in total. The van der Waals surface area contributed by atoms with Crippen molar-refractivity contribution in [2.75, 3.05) is 0 Å². The van der Waals surface area contributed by atoms with E-state index in [2.05, 4.69) is 6.92 Å². The van der Waals surface area contributed by atoms with Gasteiger partial charge in [0.15, 0.2) is 0 Å². The third-order valence-corrected chi connectivity index (χ3v) is 1.62. The fraction of sp³-hybridized carbons (Fsp3) is 0.833. The molecule has 0 N–H and O–H groups in total. The van der Waals surface area contributed by atoms with E-state index in [1.165, 1.54) is 0 Å². The lowest BCUT2D eigenvalue weighted by atomic mass is 10.2. The van der Waals surface area contributed by atoms with Crippen LogP contribution in [0.25, 0.3) is 0 Å². The highest BCUT2D eigenvalue weighted by atomic mass is 35.5. The number of alkyl halides is 2. The van der Waals surface area contributed by atoms with E-state index >= 15 is 0 Å². The van der Waals surface area contributed by atoms with Crippen molar-refractivity contribution in [3.05, 3.63) is 6.92 Å². The predicted molar refractivity (Wildman–Crippen MR) is 39.5 cm³/mol. The minimum atomic E-state index is -0.0301. The van der Waals surface area contributed by atoms with E-state index < -0.39 is 0 Å². The van der Waals surface area contributed by atoms with Crippen LogP contribution in [-0.4, -0.2) is 10.8 Å². The van der Waals surface area contributed by atoms with Gasteiger partial charge in [-0.15, -0.1) is 23.2 Å². The summed E-state index contributed by atoms with van der Waals surface area (Å²) in [5.41, 5.74) is 0. The third kappa shape index (κ3) is 4.73. The zero-order valence-corrected chi connectivity index (χ0v) is 6.54. The van der Waals surface area contributed by atoms with Gasteiger partial charge in [-0.2, -0.15) is 0 Å². The van der Waals surface area contributed by atoms with E-state index in [1.54, 1.807) is 0 Å². The van der Waals surface area contributed by atoms with Crippen LogP contribution in [0.15, 0.2) is 0 Å². The molecule has 2 heteroatoms. The standard InChI is InChI=1S/C6H11Cl2/c1-3-6(8)4-5(2)7/h5-6H,2-4H2,1H3. The molecule has 0 aliphatic carbocycles. The highest BCUT2D eigenvalue weighted by molar-refractivity contribution is 6.23. The lowest BCUT2D eigenvalue weighted by Crippen LogP contribution is -2.03. The van der Waals surface area contributed by atoms with Crippen LogP contribution >= 0.6 is 23.2 Å². The van der Waals surface area contributed by atoms with Crippen molar-refractivity contribution in [2.24, 2.45) is 0 Å². The Hall–Kier alpha value is 0.580. The summed E-state index contributed by atoms with van der Waals surface area (Å²) in [7, 11) is 0. The molecule has 0 amide bonds. The number of hydrogen-bond donors (Lipinski definition) is 0. The highest BCUT2D eigenvalue weighted by Gasteiger charge is 2.04. The second kappa shape index (κ2) is 4.46. The minimum absolute atomic E-state index is 0.0301. The van der Waals surface area contributed by atoms with Crippen molar-refractivity contribution in [3.63, 3.8) is 0 Å². The number of hydrogen-bond acceptors (Lipinski definition) is 0. The molecule has 2 atom stereocenters. The molecule has 0 aromatic heterocycles. The molecule has 0 heterocycles. The van der Waals surface area contributed by atoms with E-state index in [4.69, 9.17) is 23.2 Å². The predicted octanol–water partition coefficient (Wildman–Crippen LogP) is 2.84. The van der Waals surface area contributed by atoms with Gasteiger partial charge in [0.25, 0.3) is 0 Å². The van der Waals surface area contributed by atoms with Gasteiger partial charge in [-0.05, 0) is 19.8 Å². The maximum Gasteiger partial charge on any atom is 0.0350 e. The summed E-state index contributed by atoms with van der Waals surface area (Å²) >= 11 is 11.3. The summed E-state index contributed by atoms with van der Waals surface area (Å²) in [5.74, 6) is 0. The quantitative estimate of drug-likeness (QED) is 0.548. The molecule has 0 spiro atoms. The summed E-state index contributed by atoms with van der Waals surface area (Å²) in [6.45, 7) is 5.65. The Labute approximate surface area is 61.2 Å². The molecule has 2 unspecified atom stereocenters. The van der Waals surface area contributed by atoms with Crippen LogP contribution in [0, 0.1) is 6.92 Å². The van der Waals surface area contributed by atoms with Gasteiger partial charge in [-0.3, -0.25) is 0 Å². The van der Waals surface area contributed by atoms with Gasteiger partial charge in [-0.25, -0.2) is 0 Å². The largest absolute Gasteiger partial charge is 0.123 e. The summed E-state index contributed by atoms with van der Waals surface area (Å²) in [6.07, 6.45) is 1.78. The Morgan fingerprint density at radius 3 is 2.12 bits per heavy atom. The SMILES string of the molecule is [CH2]C(Cl)CC(Cl)CC. The fourth-order valence-corrected chi connectivity index (χ4v) is 0.966. The number of rotatable bonds is 3. The van der Waals surface area contributed by atoms with Crippen molar-refractivity contribution >= 4 is 23.2 Å². The van der Waals surface area contributed by atoms with Crippen LogP contribution in [0.3, 0.4) is 0 Å². The Morgan fingerprint density at radius 1 is 1.50 bits per heavy atom. The van der Waals surface area contributed by atoms with Gasteiger partial charge in [-0.1, -0.05) is 6.92 Å². The number of halogens is 2. The van der Waals surface area contributed by atoms with Crippen LogP contribution < -0.4 is 0 Å². The maximum absolute atomic E-state index is 5.74. The fourth-order valence-electron chi connectivity index (χ4n) is 0.444. The van der Waals surface area contributed by atoms with Crippen LogP contribution in [0.4, 0.5) is 0 Å². The van der Waals surface area contributed by atoms with E-state index in [0.29, 0.717) is 0 Å². The summed E-state index contributed by atoms with van der Waals surface area (Å²) in [6, 6.07) is 0. The van der Waals surface area contributed by atoms with Crippen molar-refractivity contribution < 1.29 is 0 Å². The molecule has 0 aliphatic heterocycles. The average Bonchev–Trinajstić information content (AvgIpc) is 1.65. The molecule has 0 aromatic rings. The highest BCUT2D eigenvalue weighted by Crippen LogP contribution is 2.12. The third-order valence-electron chi connectivity index (χ3n) is 0.954. The van der Waals surface area contributed by atoms with E-state index in [1.807, 2.05) is 6.92 Å². The zero-order valence-electron chi connectivity index (χ0n) is 5.03. The van der Waals surface area contributed by atoms with Gasteiger partial charge in [0.2, 0.25) is 0 Å². The van der Waals surface area contributed by atoms with E-state index in [0.717, 1.165) is 12.8 Å². The molecule has 0 saturated heterocycles. The molecule has 0 aromatic carbocycles. The van der Waals surface area contributed by atoms with E-state index in [9.17, 15) is 0 Å². The molecule has 0 aliphatic rings. The molecular weight excluding hydrogens is 143 g/mol. The minimum Gasteiger partial charge on any atom is -0.123 e. The van der Waals surface area contributed by atoms with Gasteiger partial charge in [0, 0.05) is 10.8 Å². The Balaban J connectivity index is 3.10. The maximum atomic E-state index is 5.74. The molecular formula is C6H11Cl2. The molecule has 0 bridgehead atoms. The van der Waals surface area contributed by atoms with Crippen molar-refractivity contribution in [3.8, 4) is 0 Å². The molecule has 0 rings (SSSR count). The van der Waals surface area contributed by atoms with Gasteiger partial charge in [0.1, 0.15) is 0 Å². The first-order valence-corrected chi connectivity index (χ1v) is 3.65. The van der Waals surface area contributed by atoms with Gasteiger partial charge < -0.3 is 0 Å². The Kier molecular flexibility index (Phi) is 4.78. The Bertz CT molecular complexity index is 52.5. The molecule has 8 heavy (non-hydrogen) atoms. The lowest BCUT2D eigenvalue weighted by Gasteiger charge is -2.05. The molecule has 0 saturated carbocycles. The van der Waals surface area contributed by atoms with Crippen LogP contribution in [0.5, 0.6) is 0 Å². The molecule has 49 valence electrons. The van der Waals surface area contributed by atoms with Crippen molar-refractivity contribution in [1.29, 1.82) is 0 Å². The monoisotopic (exact) mass is 153 g/mol. The lowest BCUT2D eigenvalue weighted by molar-refractivity contribution is 0.742. The van der Waals surface area contributed by atoms with E-state index in [-0.39, 0.29) is 10.8 Å². The van der Waals surface area contributed by atoms with Crippen molar-refractivity contribution in [1.82, 2.24) is 0 Å². The van der Waals surface area contributed by atoms with Crippen LogP contribution in [0.1, 0.15) is 19.8 Å². The first-order chi connectivity index (χ1) is 3.66. The summed E-state index contributed by atoms with van der Waals surface area (Å²) < 4.78 is 0. The first-order valence-electron chi connectivity index (χ1n) is 2.78. The summed E-state index contributed by atoms with van der Waals surface area (Å²) in [4.78, 5) is 0. The normalized spacial score (nSPS) is 18.0. The van der Waals surface area contributed by atoms with Crippen LogP contribution in [-0.2, 0) is 0 Å². The molecule has 1 radical (unpaired) electrons. The first kappa shape index (κ1) is 8.58. The Morgan fingerprint density at radius 2 is 2.00 bits per heavy atom. The smallest absolute Gasteiger partial charge is 0.0350 e. The zero-order chi connectivity index (χ0) is 6.57. The topological polar surface area (TPSA) is 0 Å². The average molecular weight is 154 g/mol. The second-order valence-electron chi connectivity index (χ2n) is 1.84. The van der Waals surface area contributed by atoms with Crippen LogP contribution in [0.2, 0.25) is 0 Å². The van der Waals surface area contributed by atoms with Crippen molar-refractivity contribution in [2.45, 2.75) is 30.5 Å². The summed E-state index contributed by atoms with van der Waals surface area (Å²) in [5, 5.41) is 0.174. The second-order valence-corrected chi connectivity index (χ2v) is 3.07. The van der Waals surface area contributed by atoms with Gasteiger partial charge in [0.05, 0.1) is 0 Å². The van der Waals surface area contributed by atoms with Gasteiger partial charge >= 0.3 is 0 Å². The molecule has 0 fully saturated rings.